The molecular weight excluding hydrogens is 264 g/mol. The molecule has 2 atom stereocenters. The zero-order valence-corrected chi connectivity index (χ0v) is 13.1. The van der Waals surface area contributed by atoms with Crippen molar-refractivity contribution in [3.63, 3.8) is 0 Å². The summed E-state index contributed by atoms with van der Waals surface area (Å²) in [5.41, 5.74) is 0.721. The molecule has 21 heavy (non-hydrogen) atoms. The second-order valence-corrected chi connectivity index (χ2v) is 5.93. The van der Waals surface area contributed by atoms with E-state index in [-0.39, 0.29) is 12.1 Å². The van der Waals surface area contributed by atoms with Crippen molar-refractivity contribution < 1.29 is 14.3 Å². The molecule has 0 aliphatic heterocycles. The van der Waals surface area contributed by atoms with Gasteiger partial charge in [-0.25, -0.2) is 0 Å². The highest BCUT2D eigenvalue weighted by Crippen LogP contribution is 2.45. The zero-order valence-electron chi connectivity index (χ0n) is 13.1. The van der Waals surface area contributed by atoms with Crippen molar-refractivity contribution in [1.29, 1.82) is 0 Å². The first-order valence-electron chi connectivity index (χ1n) is 7.97. The molecule has 1 saturated carbocycles. The quantitative estimate of drug-likeness (QED) is 0.709. The number of esters is 1. The van der Waals surface area contributed by atoms with Gasteiger partial charge in [-0.1, -0.05) is 50.1 Å². The van der Waals surface area contributed by atoms with Crippen LogP contribution in [-0.4, -0.2) is 19.2 Å². The highest BCUT2D eigenvalue weighted by Gasteiger charge is 2.50. The number of hydrogen-bond acceptors (Lipinski definition) is 3. The molecule has 1 fully saturated rings. The van der Waals surface area contributed by atoms with E-state index in [2.05, 4.69) is 19.1 Å². The average molecular weight is 290 g/mol. The van der Waals surface area contributed by atoms with E-state index in [9.17, 15) is 4.79 Å². The molecule has 3 nitrogen and oxygen atoms in total. The van der Waals surface area contributed by atoms with E-state index in [0.717, 1.165) is 44.1 Å². The van der Waals surface area contributed by atoms with Crippen molar-refractivity contribution in [2.75, 3.05) is 7.11 Å². The fourth-order valence-electron chi connectivity index (χ4n) is 3.37. The molecular formula is C18H26O3. The number of rotatable bonds is 7. The predicted molar refractivity (Wildman–Crippen MR) is 82.8 cm³/mol. The Morgan fingerprint density at radius 1 is 1.33 bits per heavy atom. The van der Waals surface area contributed by atoms with Gasteiger partial charge in [-0.15, -0.1) is 0 Å². The van der Waals surface area contributed by atoms with E-state index < -0.39 is 5.41 Å². The number of ether oxygens (including phenoxy) is 2. The Hall–Kier alpha value is -1.35. The second-order valence-electron chi connectivity index (χ2n) is 5.93. The summed E-state index contributed by atoms with van der Waals surface area (Å²) in [5.74, 6) is -0.0912. The van der Waals surface area contributed by atoms with Crippen LogP contribution in [-0.2, 0) is 20.9 Å². The molecule has 2 rings (SSSR count). The molecule has 1 aromatic rings. The highest BCUT2D eigenvalue weighted by molar-refractivity contribution is 5.78. The fraction of sp³-hybridized carbons (Fsp3) is 0.611. The SMILES string of the molecule is CCCCC1(C(=O)OC)CCCC1OCc1ccccc1. The van der Waals surface area contributed by atoms with Gasteiger partial charge in [-0.3, -0.25) is 4.79 Å². The van der Waals surface area contributed by atoms with Gasteiger partial charge in [0.2, 0.25) is 0 Å². The lowest BCUT2D eigenvalue weighted by Gasteiger charge is -2.32. The third kappa shape index (κ3) is 3.65. The molecule has 1 aliphatic carbocycles. The van der Waals surface area contributed by atoms with Crippen molar-refractivity contribution >= 4 is 5.97 Å². The maximum Gasteiger partial charge on any atom is 0.314 e. The Labute approximate surface area is 127 Å². The summed E-state index contributed by atoms with van der Waals surface area (Å²) in [6.07, 6.45) is 5.86. The first kappa shape index (κ1) is 16.0. The number of carbonyl (C=O) groups is 1. The lowest BCUT2D eigenvalue weighted by molar-refractivity contribution is -0.163. The van der Waals surface area contributed by atoms with Gasteiger partial charge in [0.1, 0.15) is 0 Å². The molecule has 0 radical (unpaired) electrons. The molecule has 0 saturated heterocycles. The number of unbranched alkanes of at least 4 members (excludes halogenated alkanes) is 1. The number of methoxy groups -OCH3 is 1. The molecule has 116 valence electrons. The van der Waals surface area contributed by atoms with Gasteiger partial charge in [0.15, 0.2) is 0 Å². The number of carbonyl (C=O) groups excluding carboxylic acids is 1. The van der Waals surface area contributed by atoms with Crippen LogP contribution in [0.1, 0.15) is 51.0 Å². The molecule has 0 aromatic heterocycles. The van der Waals surface area contributed by atoms with Crippen LogP contribution < -0.4 is 0 Å². The molecule has 0 spiro atoms. The van der Waals surface area contributed by atoms with E-state index in [0.29, 0.717) is 6.61 Å². The van der Waals surface area contributed by atoms with Crippen LogP contribution in [0.2, 0.25) is 0 Å². The minimum Gasteiger partial charge on any atom is -0.469 e. The van der Waals surface area contributed by atoms with Gasteiger partial charge < -0.3 is 9.47 Å². The van der Waals surface area contributed by atoms with Gasteiger partial charge in [-0.05, 0) is 31.2 Å². The van der Waals surface area contributed by atoms with E-state index in [1.54, 1.807) is 0 Å². The fourth-order valence-corrected chi connectivity index (χ4v) is 3.37. The normalized spacial score (nSPS) is 25.0. The smallest absolute Gasteiger partial charge is 0.314 e. The summed E-state index contributed by atoms with van der Waals surface area (Å²) in [7, 11) is 1.49. The minimum atomic E-state index is -0.431. The molecule has 3 heteroatoms. The molecule has 2 unspecified atom stereocenters. The molecule has 1 aliphatic rings. The summed E-state index contributed by atoms with van der Waals surface area (Å²) in [6, 6.07) is 10.1. The second kappa shape index (κ2) is 7.60. The van der Waals surface area contributed by atoms with Crippen LogP contribution in [0.5, 0.6) is 0 Å². The Morgan fingerprint density at radius 2 is 2.10 bits per heavy atom. The highest BCUT2D eigenvalue weighted by atomic mass is 16.5. The lowest BCUT2D eigenvalue weighted by atomic mass is 9.79. The van der Waals surface area contributed by atoms with Crippen molar-refractivity contribution in [2.24, 2.45) is 5.41 Å². The summed E-state index contributed by atoms with van der Waals surface area (Å²) in [4.78, 5) is 12.4. The van der Waals surface area contributed by atoms with E-state index >= 15 is 0 Å². The maximum atomic E-state index is 12.4. The van der Waals surface area contributed by atoms with Crippen LogP contribution in [0.3, 0.4) is 0 Å². The standard InChI is InChI=1S/C18H26O3/c1-3-4-12-18(17(19)20-2)13-8-11-16(18)21-14-15-9-6-5-7-10-15/h5-7,9-10,16H,3-4,8,11-14H2,1-2H3. The molecule has 0 bridgehead atoms. The first-order valence-corrected chi connectivity index (χ1v) is 7.97. The monoisotopic (exact) mass is 290 g/mol. The van der Waals surface area contributed by atoms with Crippen LogP contribution >= 0.6 is 0 Å². The van der Waals surface area contributed by atoms with Crippen molar-refractivity contribution in [2.45, 2.75) is 58.2 Å². The largest absolute Gasteiger partial charge is 0.469 e. The summed E-state index contributed by atoms with van der Waals surface area (Å²) in [5, 5.41) is 0. The lowest BCUT2D eigenvalue weighted by Crippen LogP contribution is -2.40. The Morgan fingerprint density at radius 3 is 2.76 bits per heavy atom. The van der Waals surface area contributed by atoms with Gasteiger partial charge in [0.05, 0.1) is 25.2 Å². The number of benzene rings is 1. The number of hydrogen-bond donors (Lipinski definition) is 0. The van der Waals surface area contributed by atoms with E-state index in [4.69, 9.17) is 9.47 Å². The van der Waals surface area contributed by atoms with Crippen LogP contribution in [0.4, 0.5) is 0 Å². The van der Waals surface area contributed by atoms with Gasteiger partial charge in [-0.2, -0.15) is 0 Å². The van der Waals surface area contributed by atoms with Crippen molar-refractivity contribution in [3.05, 3.63) is 35.9 Å². The Balaban J connectivity index is 2.06. The van der Waals surface area contributed by atoms with Crippen molar-refractivity contribution in [3.8, 4) is 0 Å². The van der Waals surface area contributed by atoms with Gasteiger partial charge in [0.25, 0.3) is 0 Å². The van der Waals surface area contributed by atoms with Gasteiger partial charge >= 0.3 is 5.97 Å². The molecule has 0 N–H and O–H groups in total. The first-order chi connectivity index (χ1) is 10.2. The third-order valence-electron chi connectivity index (χ3n) is 4.57. The summed E-state index contributed by atoms with van der Waals surface area (Å²) in [6.45, 7) is 2.72. The predicted octanol–water partition coefficient (Wildman–Crippen LogP) is 4.11. The Kier molecular flexibility index (Phi) is 5.80. The molecule has 1 aromatic carbocycles. The average Bonchev–Trinajstić information content (AvgIpc) is 2.95. The van der Waals surface area contributed by atoms with Gasteiger partial charge in [0, 0.05) is 0 Å². The zero-order chi connectivity index (χ0) is 15.1. The third-order valence-corrected chi connectivity index (χ3v) is 4.57. The topological polar surface area (TPSA) is 35.5 Å². The minimum absolute atomic E-state index is 0.0169. The Bertz CT molecular complexity index is 443. The summed E-state index contributed by atoms with van der Waals surface area (Å²) < 4.78 is 11.2. The molecule has 0 amide bonds. The summed E-state index contributed by atoms with van der Waals surface area (Å²) >= 11 is 0. The van der Waals surface area contributed by atoms with Crippen LogP contribution in [0, 0.1) is 5.41 Å². The van der Waals surface area contributed by atoms with Crippen LogP contribution in [0.15, 0.2) is 30.3 Å². The van der Waals surface area contributed by atoms with E-state index in [1.807, 2.05) is 18.2 Å². The van der Waals surface area contributed by atoms with Crippen LogP contribution in [0.25, 0.3) is 0 Å². The molecule has 0 heterocycles. The van der Waals surface area contributed by atoms with Crippen molar-refractivity contribution in [1.82, 2.24) is 0 Å². The maximum absolute atomic E-state index is 12.4. The van der Waals surface area contributed by atoms with E-state index in [1.165, 1.54) is 7.11 Å².